The summed E-state index contributed by atoms with van der Waals surface area (Å²) in [4.78, 5) is 70.2. The van der Waals surface area contributed by atoms with Gasteiger partial charge in [0.05, 0.1) is 27.6 Å². The summed E-state index contributed by atoms with van der Waals surface area (Å²) in [6.45, 7) is 8.07. The summed E-state index contributed by atoms with van der Waals surface area (Å²) in [7, 11) is 1.86. The Balaban J connectivity index is 0.669. The molecule has 19 heteroatoms. The van der Waals surface area contributed by atoms with Gasteiger partial charge < -0.3 is 19.4 Å². The number of carbonyl (C=O) groups is 4. The molecule has 4 saturated heterocycles. The number of aromatic amines is 1. The minimum absolute atomic E-state index is 0.0378. The van der Waals surface area contributed by atoms with Crippen LogP contribution in [0.5, 0.6) is 5.75 Å². The third-order valence-corrected chi connectivity index (χ3v) is 14.5. The van der Waals surface area contributed by atoms with Gasteiger partial charge in [0.25, 0.3) is 0 Å². The Morgan fingerprint density at radius 1 is 0.836 bits per heavy atom. The van der Waals surface area contributed by atoms with E-state index in [1.54, 1.807) is 17.1 Å². The number of nitrogens with one attached hydrogen (secondary N) is 2. The van der Waals surface area contributed by atoms with Gasteiger partial charge in [0.15, 0.2) is 5.82 Å². The predicted octanol–water partition coefficient (Wildman–Crippen LogP) is 6.57. The highest BCUT2D eigenvalue weighted by Crippen LogP contribution is 2.37. The van der Waals surface area contributed by atoms with Crippen molar-refractivity contribution in [2.45, 2.75) is 51.0 Å². The first-order valence-electron chi connectivity index (χ1n) is 23.0. The maximum atomic E-state index is 13.7. The molecule has 5 amide bonds. The molecular weight excluding hydrogens is 896 g/mol. The van der Waals surface area contributed by atoms with Gasteiger partial charge in [-0.15, -0.1) is 0 Å². The normalized spacial score (nSPS) is 18.5. The number of hydrogen-bond acceptors (Lipinski definition) is 11. The van der Waals surface area contributed by atoms with Crippen LogP contribution in [0.15, 0.2) is 67.1 Å². The Bertz CT molecular complexity index is 2830. The van der Waals surface area contributed by atoms with Gasteiger partial charge in [-0.05, 0) is 99.6 Å². The summed E-state index contributed by atoms with van der Waals surface area (Å²) >= 11 is 12.8. The zero-order valence-corrected chi connectivity index (χ0v) is 39.0. The Morgan fingerprint density at radius 3 is 2.31 bits per heavy atom. The van der Waals surface area contributed by atoms with Crippen LogP contribution in [0.25, 0.3) is 33.1 Å². The lowest BCUT2D eigenvalue weighted by molar-refractivity contribution is -0.138. The Kier molecular flexibility index (Phi) is 12.5. The first-order chi connectivity index (χ1) is 32.5. The van der Waals surface area contributed by atoms with Crippen molar-refractivity contribution in [1.29, 1.82) is 0 Å². The van der Waals surface area contributed by atoms with Crippen molar-refractivity contribution in [3.05, 3.63) is 88.3 Å². The maximum absolute atomic E-state index is 13.7. The molecule has 0 saturated carbocycles. The summed E-state index contributed by atoms with van der Waals surface area (Å²) in [6.07, 6.45) is 8.01. The van der Waals surface area contributed by atoms with E-state index in [-0.39, 0.29) is 30.1 Å². The van der Waals surface area contributed by atoms with E-state index in [1.807, 2.05) is 66.4 Å². The highest BCUT2D eigenvalue weighted by atomic mass is 35.5. The molecule has 4 aliphatic heterocycles. The lowest BCUT2D eigenvalue weighted by Crippen LogP contribution is -2.52. The van der Waals surface area contributed by atoms with Crippen molar-refractivity contribution in [1.82, 2.24) is 50.0 Å². The van der Waals surface area contributed by atoms with E-state index >= 15 is 0 Å². The van der Waals surface area contributed by atoms with E-state index in [4.69, 9.17) is 32.9 Å². The zero-order valence-electron chi connectivity index (χ0n) is 37.5. The number of aryl methyl sites for hydroxylation is 1. The summed E-state index contributed by atoms with van der Waals surface area (Å²) in [5.41, 5.74) is 5.30. The van der Waals surface area contributed by atoms with Gasteiger partial charge in [0.1, 0.15) is 23.4 Å². The number of piperidine rings is 2. The number of nitrogens with zero attached hydrogens (tertiary/aromatic N) is 10. The first kappa shape index (κ1) is 44.5. The number of pyridine rings is 2. The van der Waals surface area contributed by atoms with Crippen LogP contribution in [0.3, 0.4) is 0 Å². The van der Waals surface area contributed by atoms with Gasteiger partial charge >= 0.3 is 6.03 Å². The van der Waals surface area contributed by atoms with Gasteiger partial charge in [-0.25, -0.2) is 9.78 Å². The monoisotopic (exact) mass is 946 g/mol. The smallest absolute Gasteiger partial charge is 0.329 e. The molecule has 67 heavy (non-hydrogen) atoms. The number of anilines is 2. The highest BCUT2D eigenvalue weighted by Gasteiger charge is 2.33. The van der Waals surface area contributed by atoms with Crippen LogP contribution in [0.1, 0.15) is 62.2 Å². The van der Waals surface area contributed by atoms with E-state index in [2.05, 4.69) is 47.5 Å². The number of piperazine rings is 1. The zero-order chi connectivity index (χ0) is 46.3. The number of H-pyrrole nitrogens is 1. The first-order valence-corrected chi connectivity index (χ1v) is 23.7. The van der Waals surface area contributed by atoms with Crippen LogP contribution in [-0.4, -0.2) is 134 Å². The van der Waals surface area contributed by atoms with Crippen LogP contribution >= 0.6 is 23.2 Å². The average Bonchev–Trinajstić information content (AvgIpc) is 3.91. The van der Waals surface area contributed by atoms with Crippen LogP contribution in [0, 0.1) is 5.92 Å². The molecule has 6 aromatic rings. The summed E-state index contributed by atoms with van der Waals surface area (Å²) in [5.74, 6) is 2.40. The number of fused-ring (bicyclic) bond motifs is 2. The second kappa shape index (κ2) is 18.8. The van der Waals surface area contributed by atoms with Gasteiger partial charge in [-0.3, -0.25) is 44.3 Å². The second-order valence-electron chi connectivity index (χ2n) is 18.0. The van der Waals surface area contributed by atoms with Gasteiger partial charge in [0, 0.05) is 106 Å². The van der Waals surface area contributed by atoms with Gasteiger partial charge in [-0.1, -0.05) is 29.3 Å². The molecule has 348 valence electrons. The molecule has 2 aromatic carbocycles. The van der Waals surface area contributed by atoms with Gasteiger partial charge in [0.2, 0.25) is 17.7 Å². The SMILES string of the molecule is C[C@@H](Oc1ccc2[nH]nc(-c3ccc(N4CCN(C(=O)C5CCN(CC(=O)N6CCC(c7ccc8c(N9CCC(=O)NC9=O)nn(C)c8c7)CC6)CC5)CC4)nc3)c2c1)c1c(Cl)cncc1Cl. The van der Waals surface area contributed by atoms with Crippen molar-refractivity contribution in [3.63, 3.8) is 0 Å². The largest absolute Gasteiger partial charge is 0.486 e. The van der Waals surface area contributed by atoms with Gasteiger partial charge in [-0.2, -0.15) is 10.2 Å². The third kappa shape index (κ3) is 9.11. The average molecular weight is 948 g/mol. The summed E-state index contributed by atoms with van der Waals surface area (Å²) < 4.78 is 8.04. The third-order valence-electron chi connectivity index (χ3n) is 13.9. The molecule has 0 aliphatic carbocycles. The lowest BCUT2D eigenvalue weighted by atomic mass is 9.89. The van der Waals surface area contributed by atoms with Crippen molar-refractivity contribution in [3.8, 4) is 17.0 Å². The number of carbonyl (C=O) groups excluding carboxylic acids is 4. The van der Waals surface area contributed by atoms with Crippen LogP contribution in [-0.2, 0) is 21.4 Å². The Labute approximate surface area is 397 Å². The van der Waals surface area contributed by atoms with E-state index in [1.165, 1.54) is 10.5 Å². The fourth-order valence-corrected chi connectivity index (χ4v) is 10.7. The molecule has 0 unspecified atom stereocenters. The molecule has 17 nitrogen and oxygen atoms in total. The predicted molar refractivity (Wildman–Crippen MR) is 255 cm³/mol. The number of hydrogen-bond donors (Lipinski definition) is 2. The number of amides is 5. The fraction of sp³-hybridized carbons (Fsp3) is 0.417. The molecule has 2 N–H and O–H groups in total. The lowest BCUT2D eigenvalue weighted by Gasteiger charge is -2.39. The van der Waals surface area contributed by atoms with Crippen LogP contribution in [0.4, 0.5) is 16.4 Å². The highest BCUT2D eigenvalue weighted by molar-refractivity contribution is 6.35. The fourth-order valence-electron chi connectivity index (χ4n) is 10.1. The molecule has 8 heterocycles. The Morgan fingerprint density at radius 2 is 1.60 bits per heavy atom. The van der Waals surface area contributed by atoms with Crippen molar-refractivity contribution in [2.75, 3.05) is 75.2 Å². The molecule has 0 spiro atoms. The summed E-state index contributed by atoms with van der Waals surface area (Å²) in [5, 5.41) is 17.4. The number of rotatable bonds is 10. The molecule has 0 radical (unpaired) electrons. The quantitative estimate of drug-likeness (QED) is 0.152. The van der Waals surface area contributed by atoms with Crippen LogP contribution in [0.2, 0.25) is 10.0 Å². The number of halogens is 2. The number of likely N-dealkylation sites (tertiary alicyclic amines) is 2. The van der Waals surface area contributed by atoms with E-state index < -0.39 is 12.1 Å². The van der Waals surface area contributed by atoms with E-state index in [0.29, 0.717) is 85.5 Å². The molecule has 1 atom stereocenters. The molecule has 4 aromatic heterocycles. The van der Waals surface area contributed by atoms with Crippen molar-refractivity contribution in [2.24, 2.45) is 13.0 Å². The van der Waals surface area contributed by atoms with Crippen LogP contribution < -0.4 is 19.9 Å². The maximum Gasteiger partial charge on any atom is 0.329 e. The molecule has 4 aliphatic rings. The minimum atomic E-state index is -0.449. The molecule has 0 bridgehead atoms. The van der Waals surface area contributed by atoms with Crippen molar-refractivity contribution >= 4 is 80.4 Å². The standard InChI is InChI=1S/C48H52Cl2N12O5/c1-29(44-37(49)26-51-27-38(44)50)67-34-5-7-39-36(24-34)45(55-54-39)33-4-8-41(52-25-33)59-19-21-61(22-20-59)47(65)31-9-14-58(15-10-31)28-43(64)60-16-11-30(12-17-60)32-3-6-35-40(23-32)57(2)56-46(35)62-18-13-42(63)53-48(62)66/h3-8,23-27,29-31H,9-22,28H2,1-2H3,(H,54,55)(H,53,63,66)/t29-/m1/s1. The number of ether oxygens (including phenoxy) is 1. The molecule has 10 rings (SSSR count). The van der Waals surface area contributed by atoms with E-state index in [0.717, 1.165) is 77.7 Å². The molecular formula is C48H52Cl2N12O5. The number of aromatic nitrogens is 6. The number of benzene rings is 2. The summed E-state index contributed by atoms with van der Waals surface area (Å²) in [6, 6.07) is 15.6. The Hall–Kier alpha value is -6.30. The minimum Gasteiger partial charge on any atom is -0.486 e. The number of imide groups is 1. The number of urea groups is 1. The van der Waals surface area contributed by atoms with E-state index in [9.17, 15) is 19.2 Å². The second-order valence-corrected chi connectivity index (χ2v) is 18.8. The molecule has 4 fully saturated rings. The topological polar surface area (TPSA) is 178 Å². The van der Waals surface area contributed by atoms with Crippen molar-refractivity contribution < 1.29 is 23.9 Å².